The predicted molar refractivity (Wildman–Crippen MR) is 87.9 cm³/mol. The molecule has 0 saturated heterocycles. The van der Waals surface area contributed by atoms with Crippen LogP contribution in [0, 0.1) is 6.92 Å². The molecule has 0 fully saturated rings. The van der Waals surface area contributed by atoms with E-state index in [9.17, 15) is 14.4 Å². The van der Waals surface area contributed by atoms with Gasteiger partial charge in [-0.1, -0.05) is 18.2 Å². The van der Waals surface area contributed by atoms with E-state index in [1.54, 1.807) is 26.0 Å². The fraction of sp³-hybridized carbons (Fsp3) is 0.353. The van der Waals surface area contributed by atoms with Crippen molar-refractivity contribution in [1.82, 2.24) is 0 Å². The monoisotopic (exact) mass is 335 g/mol. The molecule has 0 radical (unpaired) electrons. The minimum absolute atomic E-state index is 0.0527. The maximum Gasteiger partial charge on any atom is 0.344 e. The topological polar surface area (TPSA) is 94.8 Å². The zero-order valence-electron chi connectivity index (χ0n) is 14.2. The highest BCUT2D eigenvalue weighted by Crippen LogP contribution is 2.29. The van der Waals surface area contributed by atoms with Crippen LogP contribution in [0.5, 0.6) is 0 Å². The molecule has 0 bridgehead atoms. The van der Waals surface area contributed by atoms with Gasteiger partial charge >= 0.3 is 11.9 Å². The number of hydrogen-bond donors (Lipinski definition) is 1. The van der Waals surface area contributed by atoms with E-state index in [-0.39, 0.29) is 36.0 Å². The van der Waals surface area contributed by atoms with Crippen molar-refractivity contribution in [3.63, 3.8) is 0 Å². The van der Waals surface area contributed by atoms with Crippen LogP contribution in [0.2, 0.25) is 0 Å². The predicted octanol–water partition coefficient (Wildman–Crippen LogP) is 3.01. The van der Waals surface area contributed by atoms with Gasteiger partial charge < -0.3 is 13.9 Å². The van der Waals surface area contributed by atoms with E-state index in [4.69, 9.17) is 13.9 Å². The third kappa shape index (κ3) is 4.84. The molecule has 1 N–H and O–H groups in total. The normalized spacial score (nSPS) is 11.0. The number of carbonyl (C=O) groups is 3. The molecule has 0 aromatic carbocycles. The summed E-state index contributed by atoms with van der Waals surface area (Å²) in [6.07, 6.45) is 6.21. The number of aryl methyl sites for hydroxylation is 1. The quantitative estimate of drug-likeness (QED) is 0.467. The smallest absolute Gasteiger partial charge is 0.344 e. The molecular weight excluding hydrogens is 314 g/mol. The second-order valence-electron chi connectivity index (χ2n) is 4.55. The minimum atomic E-state index is -0.773. The number of ether oxygens (including phenoxy) is 2. The Morgan fingerprint density at radius 1 is 1.04 bits per heavy atom. The number of furan rings is 1. The van der Waals surface area contributed by atoms with Crippen LogP contribution in [-0.2, 0) is 14.3 Å². The fourth-order valence-corrected chi connectivity index (χ4v) is 1.89. The van der Waals surface area contributed by atoms with Gasteiger partial charge in [0.15, 0.2) is 0 Å². The maximum absolute atomic E-state index is 12.2. The van der Waals surface area contributed by atoms with Crippen molar-refractivity contribution in [2.24, 2.45) is 0 Å². The average molecular weight is 335 g/mol. The van der Waals surface area contributed by atoms with Gasteiger partial charge in [-0.2, -0.15) is 0 Å². The number of amides is 1. The molecule has 1 rings (SSSR count). The van der Waals surface area contributed by atoms with E-state index in [2.05, 4.69) is 5.32 Å². The highest BCUT2D eigenvalue weighted by Gasteiger charge is 2.31. The van der Waals surface area contributed by atoms with Gasteiger partial charge in [-0.15, -0.1) is 0 Å². The molecule has 7 nitrogen and oxygen atoms in total. The van der Waals surface area contributed by atoms with Crippen molar-refractivity contribution >= 4 is 23.7 Å². The number of carbonyl (C=O) groups excluding carboxylic acids is 3. The molecule has 0 unspecified atom stereocenters. The zero-order chi connectivity index (χ0) is 18.1. The van der Waals surface area contributed by atoms with Crippen LogP contribution in [-0.4, -0.2) is 31.1 Å². The number of nitrogens with one attached hydrogen (secondary N) is 1. The molecule has 0 atom stereocenters. The summed E-state index contributed by atoms with van der Waals surface area (Å²) in [5.74, 6) is -1.99. The Bertz CT molecular complexity index is 669. The first-order valence-electron chi connectivity index (χ1n) is 7.54. The molecule has 0 aliphatic rings. The summed E-state index contributed by atoms with van der Waals surface area (Å²) in [4.78, 5) is 36.1. The molecule has 0 spiro atoms. The molecule has 0 aliphatic heterocycles. The van der Waals surface area contributed by atoms with Crippen molar-refractivity contribution in [2.75, 3.05) is 18.5 Å². The van der Waals surface area contributed by atoms with Crippen LogP contribution < -0.4 is 5.32 Å². The Morgan fingerprint density at radius 3 is 2.17 bits per heavy atom. The van der Waals surface area contributed by atoms with Crippen molar-refractivity contribution < 1.29 is 28.3 Å². The van der Waals surface area contributed by atoms with Gasteiger partial charge in [0.2, 0.25) is 5.88 Å². The summed E-state index contributed by atoms with van der Waals surface area (Å²) in [7, 11) is 0. The van der Waals surface area contributed by atoms with E-state index in [1.165, 1.54) is 19.1 Å². The summed E-state index contributed by atoms with van der Waals surface area (Å²) in [5, 5.41) is 2.43. The Balaban J connectivity index is 3.24. The highest BCUT2D eigenvalue weighted by atomic mass is 16.5. The average Bonchev–Trinajstić information content (AvgIpc) is 2.84. The van der Waals surface area contributed by atoms with Crippen molar-refractivity contribution in [3.8, 4) is 0 Å². The van der Waals surface area contributed by atoms with E-state index >= 15 is 0 Å². The standard InChI is InChI=1S/C17H21NO6/c1-5-8-9-10-12(19)18-15-14(17(21)23-7-3)13(11(4)24-15)16(20)22-6-2/h5,8-10H,6-7H2,1-4H3,(H,18,19)/b8-5+,10-9+. The Kier molecular flexibility index (Phi) is 7.48. The molecule has 1 amide bonds. The molecule has 1 aromatic rings. The molecule has 1 aromatic heterocycles. The maximum atomic E-state index is 12.2. The summed E-state index contributed by atoms with van der Waals surface area (Å²) < 4.78 is 15.2. The lowest BCUT2D eigenvalue weighted by Crippen LogP contribution is -2.16. The Labute approximate surface area is 140 Å². The van der Waals surface area contributed by atoms with E-state index in [1.807, 2.05) is 6.92 Å². The van der Waals surface area contributed by atoms with Gasteiger partial charge in [0.1, 0.15) is 16.9 Å². The van der Waals surface area contributed by atoms with Crippen LogP contribution >= 0.6 is 0 Å². The SMILES string of the molecule is C/C=C/C=C/C(=O)Nc1oc(C)c(C(=O)OCC)c1C(=O)OCC. The zero-order valence-corrected chi connectivity index (χ0v) is 14.2. The third-order valence-corrected chi connectivity index (χ3v) is 2.83. The molecular formula is C17H21NO6. The molecule has 0 aliphatic carbocycles. The molecule has 1 heterocycles. The Morgan fingerprint density at radius 2 is 1.62 bits per heavy atom. The van der Waals surface area contributed by atoms with Gasteiger partial charge in [0.05, 0.1) is 13.2 Å². The summed E-state index contributed by atoms with van der Waals surface area (Å²) in [6.45, 7) is 6.83. The first-order valence-corrected chi connectivity index (χ1v) is 7.54. The van der Waals surface area contributed by atoms with Crippen LogP contribution in [0.3, 0.4) is 0 Å². The lowest BCUT2D eigenvalue weighted by atomic mass is 10.1. The lowest BCUT2D eigenvalue weighted by Gasteiger charge is -2.05. The van der Waals surface area contributed by atoms with Crippen molar-refractivity contribution in [2.45, 2.75) is 27.7 Å². The number of hydrogen-bond acceptors (Lipinski definition) is 6. The van der Waals surface area contributed by atoms with Gasteiger partial charge in [-0.25, -0.2) is 9.59 Å². The summed E-state index contributed by atoms with van der Waals surface area (Å²) in [5.41, 5.74) is -0.205. The van der Waals surface area contributed by atoms with Crippen molar-refractivity contribution in [1.29, 1.82) is 0 Å². The van der Waals surface area contributed by atoms with Gasteiger partial charge in [-0.05, 0) is 27.7 Å². The van der Waals surface area contributed by atoms with Gasteiger partial charge in [0, 0.05) is 6.08 Å². The third-order valence-electron chi connectivity index (χ3n) is 2.83. The minimum Gasteiger partial charge on any atom is -0.462 e. The second kappa shape index (κ2) is 9.34. The van der Waals surface area contributed by atoms with E-state index in [0.29, 0.717) is 0 Å². The fourth-order valence-electron chi connectivity index (χ4n) is 1.89. The lowest BCUT2D eigenvalue weighted by molar-refractivity contribution is -0.112. The van der Waals surface area contributed by atoms with Gasteiger partial charge in [-0.3, -0.25) is 10.1 Å². The summed E-state index contributed by atoms with van der Waals surface area (Å²) in [6, 6.07) is 0. The molecule has 130 valence electrons. The summed E-state index contributed by atoms with van der Waals surface area (Å²) >= 11 is 0. The van der Waals surface area contributed by atoms with E-state index < -0.39 is 17.8 Å². The van der Waals surface area contributed by atoms with Crippen LogP contribution in [0.25, 0.3) is 0 Å². The highest BCUT2D eigenvalue weighted by molar-refractivity contribution is 6.10. The van der Waals surface area contributed by atoms with E-state index in [0.717, 1.165) is 0 Å². The van der Waals surface area contributed by atoms with Crippen molar-refractivity contribution in [3.05, 3.63) is 41.2 Å². The van der Waals surface area contributed by atoms with Crippen LogP contribution in [0.15, 0.2) is 28.7 Å². The number of anilines is 1. The number of allylic oxidation sites excluding steroid dienone is 3. The van der Waals surface area contributed by atoms with Gasteiger partial charge in [0.25, 0.3) is 5.91 Å². The second-order valence-corrected chi connectivity index (χ2v) is 4.55. The Hall–Kier alpha value is -2.83. The number of esters is 2. The molecule has 24 heavy (non-hydrogen) atoms. The molecule has 7 heteroatoms. The van der Waals surface area contributed by atoms with Crippen LogP contribution in [0.1, 0.15) is 47.2 Å². The molecule has 0 saturated carbocycles. The number of rotatable bonds is 7. The first kappa shape index (κ1) is 19.2. The largest absolute Gasteiger partial charge is 0.462 e. The van der Waals surface area contributed by atoms with Crippen LogP contribution in [0.4, 0.5) is 5.88 Å². The first-order chi connectivity index (χ1) is 11.5.